The topological polar surface area (TPSA) is 55.7 Å². The summed E-state index contributed by atoms with van der Waals surface area (Å²) in [6.45, 7) is 0. The molecule has 0 aromatic heterocycles. The number of carbonyl (C=O) groups excluding carboxylic acids is 2. The number of carbonyl (C=O) groups is 2. The van der Waals surface area contributed by atoms with E-state index in [0.29, 0.717) is 11.5 Å². The number of aliphatic imine (C=N–C) groups is 1. The number of Topliss-reactive ketones (excluding diaryl/α,β-unsaturated/α-hetero) is 1. The Morgan fingerprint density at radius 3 is 3.07 bits per heavy atom. The van der Waals surface area contributed by atoms with Crippen LogP contribution in [0.1, 0.15) is 0 Å². The predicted molar refractivity (Wildman–Crippen MR) is 53.3 cm³/mol. The molecule has 0 bridgehead atoms. The fourth-order valence-corrected chi connectivity index (χ4v) is 1.45. The summed E-state index contributed by atoms with van der Waals surface area (Å²) in [6, 6.07) is 0. The lowest BCUT2D eigenvalue weighted by Gasteiger charge is -2.06. The van der Waals surface area contributed by atoms with Gasteiger partial charge in [0.2, 0.25) is 12.0 Å². The van der Waals surface area contributed by atoms with Crippen molar-refractivity contribution in [2.75, 3.05) is 5.33 Å². The first kappa shape index (κ1) is 9.33. The van der Waals surface area contributed by atoms with Crippen LogP contribution in [-0.2, 0) is 14.3 Å². The molecule has 0 saturated heterocycles. The van der Waals surface area contributed by atoms with Gasteiger partial charge >= 0.3 is 0 Å². The van der Waals surface area contributed by atoms with E-state index in [1.807, 2.05) is 0 Å². The molecule has 2 aliphatic rings. The molecule has 2 rings (SSSR count). The van der Waals surface area contributed by atoms with Crippen LogP contribution in [0.2, 0.25) is 0 Å². The molecule has 14 heavy (non-hydrogen) atoms. The molecule has 1 unspecified atom stereocenters. The van der Waals surface area contributed by atoms with Gasteiger partial charge < -0.3 is 4.74 Å². The minimum atomic E-state index is -0.800. The van der Waals surface area contributed by atoms with Gasteiger partial charge in [-0.15, -0.1) is 0 Å². The maximum absolute atomic E-state index is 11.2. The van der Waals surface area contributed by atoms with Crippen molar-refractivity contribution in [2.24, 2.45) is 4.99 Å². The van der Waals surface area contributed by atoms with Gasteiger partial charge in [-0.1, -0.05) is 15.9 Å². The third kappa shape index (κ3) is 1.55. The van der Waals surface area contributed by atoms with Gasteiger partial charge in [0, 0.05) is 6.08 Å². The van der Waals surface area contributed by atoms with Crippen molar-refractivity contribution < 1.29 is 14.3 Å². The lowest BCUT2D eigenvalue weighted by atomic mass is 10.1. The smallest absolute Gasteiger partial charge is 0.250 e. The lowest BCUT2D eigenvalue weighted by Crippen LogP contribution is -2.19. The van der Waals surface area contributed by atoms with Crippen molar-refractivity contribution in [3.63, 3.8) is 0 Å². The fraction of sp³-hybridized carbons (Fsp3) is 0.222. The van der Waals surface area contributed by atoms with Crippen LogP contribution in [0.15, 0.2) is 29.0 Å². The average molecular weight is 256 g/mol. The van der Waals surface area contributed by atoms with Crippen molar-refractivity contribution in [3.05, 3.63) is 24.0 Å². The minimum absolute atomic E-state index is 0.147. The molecule has 0 N–H and O–H groups in total. The molecule has 1 aliphatic heterocycles. The number of nitrogens with zero attached hydrogens (tertiary/aromatic N) is 1. The van der Waals surface area contributed by atoms with Crippen molar-refractivity contribution >= 4 is 33.2 Å². The van der Waals surface area contributed by atoms with Gasteiger partial charge in [0.05, 0.1) is 5.33 Å². The molecule has 0 radical (unpaired) electrons. The summed E-state index contributed by atoms with van der Waals surface area (Å²) in [5, 5.41) is 0.194. The Bertz CT molecular complexity index is 395. The van der Waals surface area contributed by atoms with Crippen LogP contribution >= 0.6 is 15.9 Å². The highest BCUT2D eigenvalue weighted by atomic mass is 79.9. The molecule has 72 valence electrons. The number of ether oxygens (including phenoxy) is 1. The minimum Gasteiger partial charge on any atom is -0.459 e. The van der Waals surface area contributed by atoms with E-state index in [1.165, 1.54) is 12.2 Å². The van der Waals surface area contributed by atoms with E-state index in [1.54, 1.807) is 6.08 Å². The summed E-state index contributed by atoms with van der Waals surface area (Å²) in [5.41, 5.74) is 0.559. The average Bonchev–Trinajstić information content (AvgIpc) is 2.59. The molecular weight excluding hydrogens is 250 g/mol. The van der Waals surface area contributed by atoms with Crippen LogP contribution in [0.3, 0.4) is 0 Å². The number of hydrogen-bond donors (Lipinski definition) is 0. The Labute approximate surface area is 88.5 Å². The summed E-state index contributed by atoms with van der Waals surface area (Å²) in [6.07, 6.45) is 3.48. The molecule has 5 heteroatoms. The van der Waals surface area contributed by atoms with Gasteiger partial charge in [-0.3, -0.25) is 9.59 Å². The maximum atomic E-state index is 11.2. The maximum Gasteiger partial charge on any atom is 0.250 e. The molecule has 0 saturated carbocycles. The summed E-state index contributed by atoms with van der Waals surface area (Å²) >= 11 is 3.03. The second kappa shape index (κ2) is 3.49. The van der Waals surface area contributed by atoms with Gasteiger partial charge in [0.15, 0.2) is 11.5 Å². The highest BCUT2D eigenvalue weighted by Gasteiger charge is 2.29. The van der Waals surface area contributed by atoms with E-state index in [9.17, 15) is 9.59 Å². The van der Waals surface area contributed by atoms with Crippen molar-refractivity contribution in [1.82, 2.24) is 0 Å². The molecule has 0 aromatic carbocycles. The van der Waals surface area contributed by atoms with Gasteiger partial charge in [0.1, 0.15) is 5.71 Å². The van der Waals surface area contributed by atoms with Gasteiger partial charge in [0.25, 0.3) is 0 Å². The first-order chi connectivity index (χ1) is 6.70. The number of rotatable bonds is 2. The van der Waals surface area contributed by atoms with Crippen LogP contribution in [0, 0.1) is 0 Å². The first-order valence-electron chi connectivity index (χ1n) is 3.98. The van der Waals surface area contributed by atoms with Crippen LogP contribution in [-0.4, -0.2) is 28.8 Å². The SMILES string of the molecule is O=C1C=CC2=NC(C(=O)CBr)OC2=C1. The molecule has 0 amide bonds. The zero-order valence-electron chi connectivity index (χ0n) is 7.07. The van der Waals surface area contributed by atoms with E-state index in [0.717, 1.165) is 0 Å². The van der Waals surface area contributed by atoms with E-state index in [4.69, 9.17) is 4.74 Å². The summed E-state index contributed by atoms with van der Waals surface area (Å²) in [5.74, 6) is 0.0799. The number of ketones is 2. The zero-order valence-corrected chi connectivity index (χ0v) is 8.65. The second-order valence-corrected chi connectivity index (χ2v) is 3.39. The number of hydrogen-bond acceptors (Lipinski definition) is 4. The molecule has 0 spiro atoms. The summed E-state index contributed by atoms with van der Waals surface area (Å²) in [4.78, 5) is 26.2. The predicted octanol–water partition coefficient (Wildman–Crippen LogP) is 0.770. The van der Waals surface area contributed by atoms with E-state index in [2.05, 4.69) is 20.9 Å². The van der Waals surface area contributed by atoms with Crippen molar-refractivity contribution in [3.8, 4) is 0 Å². The zero-order chi connectivity index (χ0) is 10.1. The molecule has 0 aromatic rings. The van der Waals surface area contributed by atoms with Crippen LogP contribution in [0.4, 0.5) is 0 Å². The summed E-state index contributed by atoms with van der Waals surface area (Å²) in [7, 11) is 0. The van der Waals surface area contributed by atoms with Gasteiger partial charge in [-0.25, -0.2) is 4.99 Å². The molecular formula is C9H6BrNO3. The highest BCUT2D eigenvalue weighted by Crippen LogP contribution is 2.20. The number of halogens is 1. The van der Waals surface area contributed by atoms with Gasteiger partial charge in [-0.05, 0) is 12.2 Å². The standard InChI is InChI=1S/C9H6BrNO3/c10-4-7(13)9-11-6-2-1-5(12)3-8(6)14-9/h1-3,9H,4H2. The Hall–Kier alpha value is -1.23. The number of allylic oxidation sites excluding steroid dienone is 3. The Kier molecular flexibility index (Phi) is 2.33. The summed E-state index contributed by atoms with van der Waals surface area (Å²) < 4.78 is 5.19. The van der Waals surface area contributed by atoms with E-state index >= 15 is 0 Å². The molecule has 0 fully saturated rings. The lowest BCUT2D eigenvalue weighted by molar-refractivity contribution is -0.124. The largest absolute Gasteiger partial charge is 0.459 e. The van der Waals surface area contributed by atoms with Crippen LogP contribution in [0.25, 0.3) is 0 Å². The van der Waals surface area contributed by atoms with Gasteiger partial charge in [-0.2, -0.15) is 0 Å². The molecule has 1 heterocycles. The number of alkyl halides is 1. The fourth-order valence-electron chi connectivity index (χ4n) is 1.17. The van der Waals surface area contributed by atoms with Crippen molar-refractivity contribution in [1.29, 1.82) is 0 Å². The Balaban J connectivity index is 2.24. The molecule has 1 atom stereocenters. The second-order valence-electron chi connectivity index (χ2n) is 2.83. The normalized spacial score (nSPS) is 23.8. The third-order valence-electron chi connectivity index (χ3n) is 1.83. The van der Waals surface area contributed by atoms with E-state index in [-0.39, 0.29) is 16.9 Å². The van der Waals surface area contributed by atoms with Crippen LogP contribution < -0.4 is 0 Å². The monoisotopic (exact) mass is 255 g/mol. The third-order valence-corrected chi connectivity index (χ3v) is 2.39. The Morgan fingerprint density at radius 1 is 1.57 bits per heavy atom. The Morgan fingerprint density at radius 2 is 2.36 bits per heavy atom. The molecule has 1 aliphatic carbocycles. The van der Waals surface area contributed by atoms with Crippen LogP contribution in [0.5, 0.6) is 0 Å². The highest BCUT2D eigenvalue weighted by molar-refractivity contribution is 9.09. The van der Waals surface area contributed by atoms with Crippen molar-refractivity contribution in [2.45, 2.75) is 6.23 Å². The van der Waals surface area contributed by atoms with E-state index < -0.39 is 6.23 Å². The quantitative estimate of drug-likeness (QED) is 0.541. The molecule has 4 nitrogen and oxygen atoms in total. The number of fused-ring (bicyclic) bond motifs is 1. The first-order valence-corrected chi connectivity index (χ1v) is 5.10.